The molecule has 2 heterocycles. The van der Waals surface area contributed by atoms with E-state index in [0.29, 0.717) is 3.57 Å². The van der Waals surface area contributed by atoms with Gasteiger partial charge in [0.15, 0.2) is 0 Å². The minimum Gasteiger partial charge on any atom is -0.376 e. The minimum absolute atomic E-state index is 0.0907. The Morgan fingerprint density at radius 1 is 1.65 bits per heavy atom. The quantitative estimate of drug-likeness (QED) is 0.838. The molecule has 1 aromatic heterocycles. The summed E-state index contributed by atoms with van der Waals surface area (Å²) < 4.78 is 6.31. The van der Waals surface area contributed by atoms with Gasteiger partial charge in [0.25, 0.3) is 5.56 Å². The first kappa shape index (κ1) is 12.8. The summed E-state index contributed by atoms with van der Waals surface area (Å²) in [6.45, 7) is 1.63. The predicted octanol–water partition coefficient (Wildman–Crippen LogP) is 1.38. The van der Waals surface area contributed by atoms with Gasteiger partial charge in [-0.05, 0) is 41.9 Å². The second-order valence-electron chi connectivity index (χ2n) is 4.24. The number of H-pyrrole nitrogens is 1. The molecule has 1 aromatic rings. The first-order chi connectivity index (χ1) is 8.18. The van der Waals surface area contributed by atoms with Gasteiger partial charge in [-0.25, -0.2) is 4.98 Å². The Labute approximate surface area is 114 Å². The van der Waals surface area contributed by atoms with Crippen molar-refractivity contribution in [1.82, 2.24) is 9.97 Å². The standard InChI is InChI=1S/C11H16IN3O2/c1-15(6-8-4-2-3-5-17-8)10-9(12)11(16)14-7-13-10/h7-8H,2-6H2,1H3,(H,13,14,16). The highest BCUT2D eigenvalue weighted by Gasteiger charge is 2.18. The van der Waals surface area contributed by atoms with Gasteiger partial charge in [0.2, 0.25) is 0 Å². The van der Waals surface area contributed by atoms with Crippen LogP contribution in [0.2, 0.25) is 0 Å². The number of anilines is 1. The third kappa shape index (κ3) is 3.19. The van der Waals surface area contributed by atoms with Crippen LogP contribution in [0.15, 0.2) is 11.1 Å². The van der Waals surface area contributed by atoms with Crippen molar-refractivity contribution in [2.45, 2.75) is 25.4 Å². The van der Waals surface area contributed by atoms with Gasteiger partial charge in [0, 0.05) is 20.2 Å². The maximum Gasteiger partial charge on any atom is 0.266 e. The predicted molar refractivity (Wildman–Crippen MR) is 74.4 cm³/mol. The monoisotopic (exact) mass is 349 g/mol. The molecule has 0 radical (unpaired) electrons. The molecule has 5 nitrogen and oxygen atoms in total. The van der Waals surface area contributed by atoms with E-state index in [4.69, 9.17) is 4.74 Å². The molecule has 1 aliphatic heterocycles. The zero-order valence-electron chi connectivity index (χ0n) is 9.78. The summed E-state index contributed by atoms with van der Waals surface area (Å²) in [6, 6.07) is 0. The first-order valence-corrected chi connectivity index (χ1v) is 6.82. The molecule has 0 spiro atoms. The van der Waals surface area contributed by atoms with E-state index in [2.05, 4.69) is 9.97 Å². The Bertz CT molecular complexity index is 429. The second-order valence-corrected chi connectivity index (χ2v) is 5.32. The Morgan fingerprint density at radius 2 is 2.47 bits per heavy atom. The number of halogens is 1. The van der Waals surface area contributed by atoms with Crippen LogP contribution in [-0.2, 0) is 4.74 Å². The lowest BCUT2D eigenvalue weighted by molar-refractivity contribution is 0.0215. The molecule has 17 heavy (non-hydrogen) atoms. The van der Waals surface area contributed by atoms with Gasteiger partial charge in [-0.15, -0.1) is 0 Å². The molecule has 1 N–H and O–H groups in total. The fraction of sp³-hybridized carbons (Fsp3) is 0.636. The molecule has 0 saturated carbocycles. The molecule has 6 heteroatoms. The van der Waals surface area contributed by atoms with Crippen LogP contribution in [0.1, 0.15) is 19.3 Å². The second kappa shape index (κ2) is 5.81. The number of hydrogen-bond donors (Lipinski definition) is 1. The Hall–Kier alpha value is -0.630. The normalized spacial score (nSPS) is 20.2. The lowest BCUT2D eigenvalue weighted by atomic mass is 10.1. The van der Waals surface area contributed by atoms with Gasteiger partial charge in [-0.1, -0.05) is 0 Å². The molecule has 1 aliphatic rings. The summed E-state index contributed by atoms with van der Waals surface area (Å²) >= 11 is 2.03. The Morgan fingerprint density at radius 3 is 3.18 bits per heavy atom. The van der Waals surface area contributed by atoms with E-state index in [1.54, 1.807) is 0 Å². The van der Waals surface area contributed by atoms with Crippen molar-refractivity contribution in [3.63, 3.8) is 0 Å². The molecule has 0 aromatic carbocycles. The number of aromatic amines is 1. The molecule has 1 atom stereocenters. The first-order valence-electron chi connectivity index (χ1n) is 5.74. The fourth-order valence-electron chi connectivity index (χ4n) is 1.98. The third-order valence-electron chi connectivity index (χ3n) is 2.89. The van der Waals surface area contributed by atoms with E-state index in [-0.39, 0.29) is 11.7 Å². The smallest absolute Gasteiger partial charge is 0.266 e. The zero-order chi connectivity index (χ0) is 12.3. The van der Waals surface area contributed by atoms with Crippen molar-refractivity contribution in [1.29, 1.82) is 0 Å². The van der Waals surface area contributed by atoms with Gasteiger partial charge in [-0.2, -0.15) is 0 Å². The topological polar surface area (TPSA) is 58.2 Å². The minimum atomic E-state index is -0.0907. The highest BCUT2D eigenvalue weighted by molar-refractivity contribution is 14.1. The van der Waals surface area contributed by atoms with Crippen molar-refractivity contribution in [2.24, 2.45) is 0 Å². The van der Waals surface area contributed by atoms with Crippen molar-refractivity contribution >= 4 is 28.4 Å². The van der Waals surface area contributed by atoms with Gasteiger partial charge in [-0.3, -0.25) is 4.79 Å². The molecule has 94 valence electrons. The van der Waals surface area contributed by atoms with Crippen LogP contribution in [0.25, 0.3) is 0 Å². The van der Waals surface area contributed by atoms with Crippen LogP contribution in [0.3, 0.4) is 0 Å². The summed E-state index contributed by atoms with van der Waals surface area (Å²) in [5, 5.41) is 0. The van der Waals surface area contributed by atoms with E-state index < -0.39 is 0 Å². The van der Waals surface area contributed by atoms with Crippen LogP contribution < -0.4 is 10.5 Å². The van der Waals surface area contributed by atoms with Crippen LogP contribution >= 0.6 is 22.6 Å². The summed E-state index contributed by atoms with van der Waals surface area (Å²) in [4.78, 5) is 20.2. The Balaban J connectivity index is 2.06. The highest BCUT2D eigenvalue weighted by atomic mass is 127. The van der Waals surface area contributed by atoms with Crippen LogP contribution in [0.5, 0.6) is 0 Å². The summed E-state index contributed by atoms with van der Waals surface area (Å²) in [5.74, 6) is 0.725. The van der Waals surface area contributed by atoms with Gasteiger partial charge in [0.1, 0.15) is 9.39 Å². The maximum absolute atomic E-state index is 11.5. The van der Waals surface area contributed by atoms with Gasteiger partial charge >= 0.3 is 0 Å². The van der Waals surface area contributed by atoms with Crippen molar-refractivity contribution in [3.05, 3.63) is 20.3 Å². The van der Waals surface area contributed by atoms with E-state index in [1.807, 2.05) is 34.5 Å². The molecule has 1 unspecified atom stereocenters. The van der Waals surface area contributed by atoms with Crippen LogP contribution in [0.4, 0.5) is 5.82 Å². The number of ether oxygens (including phenoxy) is 1. The SMILES string of the molecule is CN(CC1CCCCO1)c1nc[nH]c(=O)c1I. The molecule has 0 aliphatic carbocycles. The summed E-state index contributed by atoms with van der Waals surface area (Å²) in [7, 11) is 1.95. The van der Waals surface area contributed by atoms with E-state index in [0.717, 1.165) is 31.8 Å². The maximum atomic E-state index is 11.5. The molecular weight excluding hydrogens is 333 g/mol. The summed E-state index contributed by atoms with van der Waals surface area (Å²) in [6.07, 6.45) is 5.16. The molecule has 2 rings (SSSR count). The lowest BCUT2D eigenvalue weighted by Crippen LogP contribution is -2.35. The molecule has 1 saturated heterocycles. The number of rotatable bonds is 3. The average molecular weight is 349 g/mol. The van der Waals surface area contributed by atoms with Crippen molar-refractivity contribution < 1.29 is 4.74 Å². The number of hydrogen-bond acceptors (Lipinski definition) is 4. The molecular formula is C11H16IN3O2. The summed E-state index contributed by atoms with van der Waals surface area (Å²) in [5.41, 5.74) is -0.0907. The number of nitrogens with one attached hydrogen (secondary N) is 1. The third-order valence-corrected chi connectivity index (χ3v) is 3.86. The molecule has 0 bridgehead atoms. The molecule has 1 fully saturated rings. The van der Waals surface area contributed by atoms with Gasteiger partial charge in [0.05, 0.1) is 12.4 Å². The van der Waals surface area contributed by atoms with Crippen LogP contribution in [-0.4, -0.2) is 36.3 Å². The van der Waals surface area contributed by atoms with Crippen molar-refractivity contribution in [2.75, 3.05) is 25.1 Å². The number of likely N-dealkylation sites (N-methyl/N-ethyl adjacent to an activating group) is 1. The van der Waals surface area contributed by atoms with Crippen LogP contribution in [0, 0.1) is 3.57 Å². The zero-order valence-corrected chi connectivity index (χ0v) is 11.9. The average Bonchev–Trinajstić information content (AvgIpc) is 2.34. The van der Waals surface area contributed by atoms with Gasteiger partial charge < -0.3 is 14.6 Å². The lowest BCUT2D eigenvalue weighted by Gasteiger charge is -2.28. The van der Waals surface area contributed by atoms with Crippen molar-refractivity contribution in [3.8, 4) is 0 Å². The van der Waals surface area contributed by atoms with E-state index in [1.165, 1.54) is 12.7 Å². The van der Waals surface area contributed by atoms with E-state index in [9.17, 15) is 4.79 Å². The van der Waals surface area contributed by atoms with E-state index >= 15 is 0 Å². The highest BCUT2D eigenvalue weighted by Crippen LogP contribution is 2.18. The Kier molecular flexibility index (Phi) is 4.38. The largest absolute Gasteiger partial charge is 0.376 e. The number of nitrogens with zero attached hydrogens (tertiary/aromatic N) is 2. The number of aromatic nitrogens is 2. The fourth-order valence-corrected chi connectivity index (χ4v) is 2.69. The molecule has 0 amide bonds.